The molecule has 1 rings (SSSR count). The van der Waals surface area contributed by atoms with Gasteiger partial charge in [0.25, 0.3) is 0 Å². The Labute approximate surface area is 82.6 Å². The zero-order chi connectivity index (χ0) is 10.5. The van der Waals surface area contributed by atoms with Crippen LogP contribution in [0.15, 0.2) is 12.3 Å². The van der Waals surface area contributed by atoms with Crippen molar-refractivity contribution in [3.05, 3.63) is 12.3 Å². The number of rotatable bonds is 0. The van der Waals surface area contributed by atoms with Gasteiger partial charge in [-0.25, -0.2) is 0 Å². The van der Waals surface area contributed by atoms with E-state index in [0.29, 0.717) is 0 Å². The molecule has 1 heterocycles. The SMILES string of the molecule is C=C1NC(C)(C(C)(C)C)CC1(C)C. The maximum atomic E-state index is 4.10. The van der Waals surface area contributed by atoms with Gasteiger partial charge in [0.2, 0.25) is 0 Å². The molecule has 0 radical (unpaired) electrons. The summed E-state index contributed by atoms with van der Waals surface area (Å²) in [5.41, 5.74) is 1.89. The normalized spacial score (nSPS) is 33.2. The zero-order valence-corrected chi connectivity index (χ0v) is 9.91. The van der Waals surface area contributed by atoms with E-state index in [0.717, 1.165) is 0 Å². The summed E-state index contributed by atoms with van der Waals surface area (Å²) in [6.45, 7) is 17.8. The second-order valence-electron chi connectivity index (χ2n) is 6.25. The Morgan fingerprint density at radius 1 is 1.23 bits per heavy atom. The molecule has 0 bridgehead atoms. The second kappa shape index (κ2) is 2.52. The largest absolute Gasteiger partial charge is 0.383 e. The van der Waals surface area contributed by atoms with Crippen LogP contribution in [0.2, 0.25) is 0 Å². The molecule has 76 valence electrons. The van der Waals surface area contributed by atoms with Crippen molar-refractivity contribution in [2.75, 3.05) is 0 Å². The van der Waals surface area contributed by atoms with Crippen LogP contribution in [0.1, 0.15) is 48.0 Å². The van der Waals surface area contributed by atoms with Crippen molar-refractivity contribution in [2.24, 2.45) is 10.8 Å². The van der Waals surface area contributed by atoms with Crippen LogP contribution in [0.4, 0.5) is 0 Å². The van der Waals surface area contributed by atoms with Crippen molar-refractivity contribution in [1.82, 2.24) is 5.32 Å². The van der Waals surface area contributed by atoms with Gasteiger partial charge in [-0.05, 0) is 18.8 Å². The highest BCUT2D eigenvalue weighted by Gasteiger charge is 2.48. The maximum absolute atomic E-state index is 4.10. The summed E-state index contributed by atoms with van der Waals surface area (Å²) in [5.74, 6) is 0. The average Bonchev–Trinajstić information content (AvgIpc) is 2.01. The Morgan fingerprint density at radius 2 is 1.69 bits per heavy atom. The van der Waals surface area contributed by atoms with Crippen molar-refractivity contribution >= 4 is 0 Å². The molecule has 1 heteroatoms. The quantitative estimate of drug-likeness (QED) is 0.604. The third-order valence-electron chi connectivity index (χ3n) is 3.69. The van der Waals surface area contributed by atoms with Crippen molar-refractivity contribution in [2.45, 2.75) is 53.5 Å². The molecule has 1 aliphatic rings. The predicted molar refractivity (Wildman–Crippen MR) is 58.5 cm³/mol. The van der Waals surface area contributed by atoms with E-state index >= 15 is 0 Å². The Balaban J connectivity index is 2.96. The van der Waals surface area contributed by atoms with Crippen molar-refractivity contribution < 1.29 is 0 Å². The summed E-state index contributed by atoms with van der Waals surface area (Å²) < 4.78 is 0. The minimum Gasteiger partial charge on any atom is -0.383 e. The molecule has 0 spiro atoms. The molecule has 1 atom stereocenters. The van der Waals surface area contributed by atoms with Gasteiger partial charge < -0.3 is 5.32 Å². The summed E-state index contributed by atoms with van der Waals surface area (Å²) in [6.07, 6.45) is 1.17. The Hall–Kier alpha value is -0.460. The predicted octanol–water partition coefficient (Wildman–Crippen LogP) is 3.32. The third-order valence-corrected chi connectivity index (χ3v) is 3.69. The third kappa shape index (κ3) is 1.61. The van der Waals surface area contributed by atoms with Gasteiger partial charge in [0, 0.05) is 16.7 Å². The van der Waals surface area contributed by atoms with E-state index in [1.807, 2.05) is 0 Å². The lowest BCUT2D eigenvalue weighted by molar-refractivity contribution is 0.169. The summed E-state index contributed by atoms with van der Waals surface area (Å²) in [6, 6.07) is 0. The standard InChI is InChI=1S/C12H23N/c1-9-11(5,6)8-12(7,13-9)10(2,3)4/h13H,1,8H2,2-7H3. The van der Waals surface area contributed by atoms with Gasteiger partial charge >= 0.3 is 0 Å². The lowest BCUT2D eigenvalue weighted by Gasteiger charge is -2.39. The van der Waals surface area contributed by atoms with Gasteiger partial charge in [-0.15, -0.1) is 0 Å². The summed E-state index contributed by atoms with van der Waals surface area (Å²) in [7, 11) is 0. The highest BCUT2D eigenvalue weighted by molar-refractivity contribution is 5.20. The van der Waals surface area contributed by atoms with Crippen LogP contribution in [0.25, 0.3) is 0 Å². The molecule has 1 fully saturated rings. The van der Waals surface area contributed by atoms with Crippen LogP contribution in [0.5, 0.6) is 0 Å². The summed E-state index contributed by atoms with van der Waals surface area (Å²) >= 11 is 0. The topological polar surface area (TPSA) is 12.0 Å². The fraction of sp³-hybridized carbons (Fsp3) is 0.833. The Kier molecular flexibility index (Phi) is 2.06. The highest BCUT2D eigenvalue weighted by atomic mass is 15.1. The minimum atomic E-state index is 0.188. The van der Waals surface area contributed by atoms with Crippen LogP contribution in [0.3, 0.4) is 0 Å². The monoisotopic (exact) mass is 181 g/mol. The molecule has 1 aliphatic heterocycles. The first kappa shape index (κ1) is 10.6. The number of allylic oxidation sites excluding steroid dienone is 1. The average molecular weight is 181 g/mol. The van der Waals surface area contributed by atoms with Crippen molar-refractivity contribution in [3.63, 3.8) is 0 Å². The smallest absolute Gasteiger partial charge is 0.0399 e. The lowest BCUT2D eigenvalue weighted by Crippen LogP contribution is -2.47. The van der Waals surface area contributed by atoms with Gasteiger partial charge in [0.15, 0.2) is 0 Å². The van der Waals surface area contributed by atoms with E-state index in [4.69, 9.17) is 0 Å². The molecule has 1 unspecified atom stereocenters. The molecule has 13 heavy (non-hydrogen) atoms. The first-order valence-electron chi connectivity index (χ1n) is 5.06. The second-order valence-corrected chi connectivity index (χ2v) is 6.25. The number of nitrogens with one attached hydrogen (secondary N) is 1. The van der Waals surface area contributed by atoms with Crippen LogP contribution in [0, 0.1) is 10.8 Å². The number of hydrogen-bond donors (Lipinski definition) is 1. The van der Waals surface area contributed by atoms with Crippen molar-refractivity contribution in [3.8, 4) is 0 Å². The van der Waals surface area contributed by atoms with E-state index in [2.05, 4.69) is 53.4 Å². The van der Waals surface area contributed by atoms with Gasteiger partial charge in [0.1, 0.15) is 0 Å². The Bertz CT molecular complexity index is 232. The Morgan fingerprint density at radius 3 is 1.85 bits per heavy atom. The molecule has 1 saturated heterocycles. The molecule has 0 aliphatic carbocycles. The summed E-state index contributed by atoms with van der Waals surface area (Å²) in [4.78, 5) is 0. The van der Waals surface area contributed by atoms with Gasteiger partial charge in [0.05, 0.1) is 0 Å². The first-order chi connectivity index (χ1) is 5.58. The van der Waals surface area contributed by atoms with E-state index in [1.165, 1.54) is 12.1 Å². The summed E-state index contributed by atoms with van der Waals surface area (Å²) in [5, 5.41) is 3.57. The van der Waals surface area contributed by atoms with E-state index in [9.17, 15) is 0 Å². The molecule has 0 saturated carbocycles. The molecular formula is C12H23N. The van der Waals surface area contributed by atoms with E-state index in [-0.39, 0.29) is 16.4 Å². The first-order valence-corrected chi connectivity index (χ1v) is 5.06. The minimum absolute atomic E-state index is 0.188. The van der Waals surface area contributed by atoms with Gasteiger partial charge in [-0.2, -0.15) is 0 Å². The molecule has 1 N–H and O–H groups in total. The zero-order valence-electron chi connectivity index (χ0n) is 9.91. The van der Waals surface area contributed by atoms with E-state index < -0.39 is 0 Å². The fourth-order valence-electron chi connectivity index (χ4n) is 1.99. The molecular weight excluding hydrogens is 158 g/mol. The fourth-order valence-corrected chi connectivity index (χ4v) is 1.99. The number of hydrogen-bond acceptors (Lipinski definition) is 1. The van der Waals surface area contributed by atoms with Crippen LogP contribution in [-0.2, 0) is 0 Å². The molecule has 0 aromatic rings. The lowest BCUT2D eigenvalue weighted by atomic mass is 9.70. The van der Waals surface area contributed by atoms with Crippen molar-refractivity contribution in [1.29, 1.82) is 0 Å². The molecule has 1 nitrogen and oxygen atoms in total. The van der Waals surface area contributed by atoms with Gasteiger partial charge in [-0.3, -0.25) is 0 Å². The molecule has 0 aromatic heterocycles. The highest BCUT2D eigenvalue weighted by Crippen LogP contribution is 2.48. The van der Waals surface area contributed by atoms with Crippen LogP contribution < -0.4 is 5.32 Å². The van der Waals surface area contributed by atoms with Crippen LogP contribution >= 0.6 is 0 Å². The van der Waals surface area contributed by atoms with E-state index in [1.54, 1.807) is 0 Å². The molecule has 0 aromatic carbocycles. The van der Waals surface area contributed by atoms with Gasteiger partial charge in [-0.1, -0.05) is 41.2 Å². The van der Waals surface area contributed by atoms with Crippen LogP contribution in [-0.4, -0.2) is 5.54 Å². The maximum Gasteiger partial charge on any atom is 0.0399 e. The molecule has 0 amide bonds.